The molecule has 21 heavy (non-hydrogen) atoms. The lowest BCUT2D eigenvalue weighted by Gasteiger charge is -2.27. The molecule has 0 aromatic carbocycles. The van der Waals surface area contributed by atoms with E-state index in [0.29, 0.717) is 0 Å². The van der Waals surface area contributed by atoms with Crippen LogP contribution in [0.2, 0.25) is 0 Å². The van der Waals surface area contributed by atoms with Gasteiger partial charge in [0, 0.05) is 7.26 Å². The van der Waals surface area contributed by atoms with E-state index in [1.54, 1.807) is 24.6 Å². The van der Waals surface area contributed by atoms with Crippen molar-refractivity contribution >= 4 is 7.26 Å². The summed E-state index contributed by atoms with van der Waals surface area (Å²) in [6.45, 7) is 9.49. The van der Waals surface area contributed by atoms with E-state index >= 15 is 0 Å². The van der Waals surface area contributed by atoms with E-state index in [4.69, 9.17) is 0 Å². The van der Waals surface area contributed by atoms with E-state index in [0.717, 1.165) is 0 Å². The molecular weight excluding hydrogens is 295 g/mol. The predicted octanol–water partition coefficient (Wildman–Crippen LogP) is 4.38. The first kappa shape index (κ1) is 24.0. The Morgan fingerprint density at radius 3 is 1.19 bits per heavy atom. The molecule has 2 heteroatoms. The summed E-state index contributed by atoms with van der Waals surface area (Å²) in [5.41, 5.74) is 0. The van der Waals surface area contributed by atoms with E-state index in [2.05, 4.69) is 27.7 Å². The Morgan fingerprint density at radius 2 is 0.810 bits per heavy atom. The highest BCUT2D eigenvalue weighted by Crippen LogP contribution is 2.60. The average molecular weight is 337 g/mol. The van der Waals surface area contributed by atoms with Crippen LogP contribution in [0, 0.1) is 0 Å². The lowest BCUT2D eigenvalue weighted by atomic mass is 10.1. The molecule has 0 aliphatic rings. The molecule has 0 heterocycles. The molecule has 0 bridgehead atoms. The first-order valence-electron chi connectivity index (χ1n) is 9.59. The highest BCUT2D eigenvalue weighted by molar-refractivity contribution is 7.75. The third-order valence-corrected chi connectivity index (χ3v) is 10.0. The molecule has 0 radical (unpaired) electrons. The molecule has 0 unspecified atom stereocenters. The summed E-state index contributed by atoms with van der Waals surface area (Å²) in [4.78, 5) is 0. The molecule has 0 aromatic heterocycles. The van der Waals surface area contributed by atoms with Gasteiger partial charge in [-0.2, -0.15) is 0 Å². The first-order valence-corrected chi connectivity index (χ1v) is 12.1. The van der Waals surface area contributed by atoms with Gasteiger partial charge in [0.2, 0.25) is 0 Å². The van der Waals surface area contributed by atoms with Crippen molar-refractivity contribution in [2.45, 2.75) is 98.3 Å². The van der Waals surface area contributed by atoms with Gasteiger partial charge in [-0.25, -0.2) is 0 Å². The van der Waals surface area contributed by atoms with Crippen molar-refractivity contribution in [3.63, 3.8) is 0 Å². The molecule has 0 saturated carbocycles. The van der Waals surface area contributed by atoms with Crippen molar-refractivity contribution < 1.29 is 12.4 Å². The van der Waals surface area contributed by atoms with Crippen LogP contribution in [-0.4, -0.2) is 24.6 Å². The van der Waals surface area contributed by atoms with E-state index < -0.39 is 7.26 Å². The maximum Gasteiger partial charge on any atom is 0.0594 e. The minimum Gasteiger partial charge on any atom is -1.00 e. The summed E-state index contributed by atoms with van der Waals surface area (Å²) >= 11 is 0. The monoisotopic (exact) mass is 336 g/mol. The van der Waals surface area contributed by atoms with Crippen LogP contribution in [0.5, 0.6) is 0 Å². The highest BCUT2D eigenvalue weighted by atomic mass is 35.5. The normalized spacial score (nSPS) is 11.4. The van der Waals surface area contributed by atoms with Gasteiger partial charge in [0.25, 0.3) is 0 Å². The summed E-state index contributed by atoms with van der Waals surface area (Å²) in [6, 6.07) is 0. The van der Waals surface area contributed by atoms with Crippen molar-refractivity contribution in [2.75, 3.05) is 24.6 Å². The Kier molecular flexibility index (Phi) is 19.5. The summed E-state index contributed by atoms with van der Waals surface area (Å²) in [7, 11) is -0.562. The van der Waals surface area contributed by atoms with Crippen LogP contribution >= 0.6 is 7.26 Å². The number of hydrogen-bond acceptors (Lipinski definition) is 0. The van der Waals surface area contributed by atoms with Crippen LogP contribution in [-0.2, 0) is 0 Å². The topological polar surface area (TPSA) is 0 Å². The second kappa shape index (κ2) is 17.1. The summed E-state index contributed by atoms with van der Waals surface area (Å²) < 4.78 is 0. The molecule has 0 spiro atoms. The smallest absolute Gasteiger partial charge is 0.0594 e. The van der Waals surface area contributed by atoms with Crippen LogP contribution < -0.4 is 12.4 Å². The predicted molar refractivity (Wildman–Crippen MR) is 99.9 cm³/mol. The highest BCUT2D eigenvalue weighted by Gasteiger charge is 2.33. The zero-order valence-electron chi connectivity index (χ0n) is 15.4. The van der Waals surface area contributed by atoms with Gasteiger partial charge in [0.15, 0.2) is 0 Å². The molecule has 0 amide bonds. The largest absolute Gasteiger partial charge is 1.00 e. The first-order chi connectivity index (χ1) is 9.74. The van der Waals surface area contributed by atoms with Crippen molar-refractivity contribution in [3.8, 4) is 0 Å². The molecule has 0 aliphatic carbocycles. The van der Waals surface area contributed by atoms with Gasteiger partial charge >= 0.3 is 0 Å². The van der Waals surface area contributed by atoms with Crippen LogP contribution in [0.15, 0.2) is 0 Å². The zero-order chi connectivity index (χ0) is 15.1. The number of halogens is 1. The fourth-order valence-corrected chi connectivity index (χ4v) is 8.76. The lowest BCUT2D eigenvalue weighted by molar-refractivity contribution is -0.00000472. The molecular formula is C19H42ClP. The third kappa shape index (κ3) is 12.9. The average Bonchev–Trinajstić information content (AvgIpc) is 2.43. The quantitative estimate of drug-likeness (QED) is 0.307. The molecule has 0 nitrogen and oxygen atoms in total. The van der Waals surface area contributed by atoms with Gasteiger partial charge in [-0.3, -0.25) is 0 Å². The fraction of sp³-hybridized carbons (Fsp3) is 1.00. The molecule has 0 rings (SSSR count). The Bertz CT molecular complexity index is 177. The molecule has 0 atom stereocenters. The van der Waals surface area contributed by atoms with Gasteiger partial charge in [-0.1, -0.05) is 66.2 Å². The lowest BCUT2D eigenvalue weighted by Crippen LogP contribution is -3.00. The van der Waals surface area contributed by atoms with Crippen LogP contribution in [0.4, 0.5) is 0 Å². The summed E-state index contributed by atoms with van der Waals surface area (Å²) in [5, 5.41) is 0. The summed E-state index contributed by atoms with van der Waals surface area (Å²) in [5.74, 6) is 0. The molecule has 0 fully saturated rings. The molecule has 0 saturated heterocycles. The molecule has 0 aromatic rings. The number of hydrogen-bond donors (Lipinski definition) is 0. The SMILES string of the molecule is CCCCCCCCCC[P+](CCC)(CCC)CCC.[Cl-]. The second-order valence-corrected chi connectivity index (χ2v) is 11.2. The van der Waals surface area contributed by atoms with Crippen LogP contribution in [0.1, 0.15) is 98.3 Å². The molecule has 0 aliphatic heterocycles. The van der Waals surface area contributed by atoms with E-state index in [-0.39, 0.29) is 12.4 Å². The van der Waals surface area contributed by atoms with Gasteiger partial charge in [-0.05, 0) is 32.1 Å². The van der Waals surface area contributed by atoms with E-state index in [9.17, 15) is 0 Å². The van der Waals surface area contributed by atoms with Crippen molar-refractivity contribution in [1.29, 1.82) is 0 Å². The Labute approximate surface area is 143 Å². The zero-order valence-corrected chi connectivity index (χ0v) is 17.1. The van der Waals surface area contributed by atoms with Crippen LogP contribution in [0.25, 0.3) is 0 Å². The number of rotatable bonds is 15. The van der Waals surface area contributed by atoms with Crippen molar-refractivity contribution in [1.82, 2.24) is 0 Å². The third-order valence-electron chi connectivity index (χ3n) is 4.58. The fourth-order valence-electron chi connectivity index (χ4n) is 3.67. The minimum absolute atomic E-state index is 0. The maximum atomic E-state index is 2.40. The number of unbranched alkanes of at least 4 members (excludes halogenated alkanes) is 7. The van der Waals surface area contributed by atoms with Gasteiger partial charge in [0.05, 0.1) is 24.6 Å². The van der Waals surface area contributed by atoms with Gasteiger partial charge < -0.3 is 12.4 Å². The van der Waals surface area contributed by atoms with Gasteiger partial charge in [0.1, 0.15) is 0 Å². The van der Waals surface area contributed by atoms with Crippen molar-refractivity contribution in [2.24, 2.45) is 0 Å². The van der Waals surface area contributed by atoms with E-state index in [1.807, 2.05) is 0 Å². The standard InChI is InChI=1S/C19H42P.ClH/c1-5-9-10-11-12-13-14-15-19-20(16-6-2,17-7-3)18-8-4;/h5-19H2,1-4H3;1H/q+1;/p-1. The van der Waals surface area contributed by atoms with Gasteiger partial charge in [-0.15, -0.1) is 0 Å². The Hall–Kier alpha value is 0.720. The molecule has 130 valence electrons. The summed E-state index contributed by atoms with van der Waals surface area (Å²) in [6.07, 6.45) is 22.4. The van der Waals surface area contributed by atoms with Crippen molar-refractivity contribution in [3.05, 3.63) is 0 Å². The second-order valence-electron chi connectivity index (χ2n) is 6.71. The van der Waals surface area contributed by atoms with Crippen LogP contribution in [0.3, 0.4) is 0 Å². The maximum absolute atomic E-state index is 2.40. The Balaban J connectivity index is 0. The minimum atomic E-state index is -0.562. The van der Waals surface area contributed by atoms with E-state index in [1.165, 1.54) is 70.6 Å². The molecule has 0 N–H and O–H groups in total. The Morgan fingerprint density at radius 1 is 0.429 bits per heavy atom.